The van der Waals surface area contributed by atoms with Crippen LogP contribution in [0.3, 0.4) is 0 Å². The second-order valence-electron chi connectivity index (χ2n) is 19.2. The Morgan fingerprint density at radius 1 is 0.391 bits per heavy atom. The van der Waals surface area contributed by atoms with Crippen molar-refractivity contribution in [1.82, 2.24) is 0 Å². The molecule has 10 aromatic carbocycles. The molecule has 13 rings (SSSR count). The van der Waals surface area contributed by atoms with E-state index in [4.69, 9.17) is 4.42 Å². The van der Waals surface area contributed by atoms with Crippen LogP contribution in [0.2, 0.25) is 0 Å². The molecule has 0 unspecified atom stereocenters. The summed E-state index contributed by atoms with van der Waals surface area (Å²) in [6.07, 6.45) is 6.94. The molecular weight excluding hydrogens is 835 g/mol. The second kappa shape index (κ2) is 16.4. The molecule has 0 radical (unpaired) electrons. The monoisotopic (exact) mass is 883 g/mol. The highest BCUT2D eigenvalue weighted by Crippen LogP contribution is 2.53. The van der Waals surface area contributed by atoms with Crippen molar-refractivity contribution in [2.24, 2.45) is 0 Å². The van der Waals surface area contributed by atoms with E-state index in [0.29, 0.717) is 0 Å². The molecule has 1 aromatic heterocycles. The Morgan fingerprint density at radius 2 is 0.899 bits per heavy atom. The summed E-state index contributed by atoms with van der Waals surface area (Å²) in [6, 6.07) is 82.0. The fourth-order valence-electron chi connectivity index (χ4n) is 11.2. The summed E-state index contributed by atoms with van der Waals surface area (Å²) in [6.45, 7) is 4.79. The van der Waals surface area contributed by atoms with E-state index in [2.05, 4.69) is 243 Å². The van der Waals surface area contributed by atoms with Crippen molar-refractivity contribution in [2.75, 3.05) is 4.90 Å². The van der Waals surface area contributed by atoms with Gasteiger partial charge in [-0.2, -0.15) is 0 Å². The molecule has 0 saturated heterocycles. The Kier molecular flexibility index (Phi) is 9.69. The maximum Gasteiger partial charge on any atom is 0.136 e. The van der Waals surface area contributed by atoms with Crippen molar-refractivity contribution in [3.8, 4) is 55.6 Å². The number of hydrogen-bond donors (Lipinski definition) is 0. The number of rotatable bonds is 8. The van der Waals surface area contributed by atoms with Crippen LogP contribution < -0.4 is 4.90 Å². The van der Waals surface area contributed by atoms with Crippen LogP contribution in [0.15, 0.2) is 247 Å². The van der Waals surface area contributed by atoms with Gasteiger partial charge in [-0.1, -0.05) is 184 Å². The lowest BCUT2D eigenvalue weighted by atomic mass is 9.77. The fourth-order valence-corrected chi connectivity index (χ4v) is 11.2. The van der Waals surface area contributed by atoms with Crippen LogP contribution in [0, 0.1) is 0 Å². The number of para-hydroxylation sites is 1. The summed E-state index contributed by atoms with van der Waals surface area (Å²) in [5.74, 6) is 0. The molecule has 0 bridgehead atoms. The molecule has 0 atom stereocenters. The third kappa shape index (κ3) is 7.11. The zero-order valence-electron chi connectivity index (χ0n) is 38.8. The predicted molar refractivity (Wildman–Crippen MR) is 291 cm³/mol. The van der Waals surface area contributed by atoms with Crippen LogP contribution in [0.25, 0.3) is 93.9 Å². The molecule has 69 heavy (non-hydrogen) atoms. The predicted octanol–water partition coefficient (Wildman–Crippen LogP) is 18.9. The minimum absolute atomic E-state index is 0.0504. The van der Waals surface area contributed by atoms with Crippen LogP contribution in [0.4, 0.5) is 17.1 Å². The first-order chi connectivity index (χ1) is 33.9. The standard InChI is InChI=1S/C67H49NO/c1-67(2)63-19-7-5-15-59(63)62-18-10-17-58(66(62)67)49-31-38-57(39-32-49)68(56-36-29-48(30-37-56)54-33-40-61-60-16-6-8-20-64(60)69-65(61)43-54)55-34-27-46(28-35-55)45-21-23-47(24-22-45)51-13-9-14-52(41-51)53-26-25-44-11-3-4-12-50(44)42-53/h3-4,6-14,16-43H,5,15H2,1-2H3. The van der Waals surface area contributed by atoms with E-state index in [1.807, 2.05) is 12.1 Å². The van der Waals surface area contributed by atoms with Gasteiger partial charge in [0, 0.05) is 33.2 Å². The average molecular weight is 884 g/mol. The SMILES string of the molecule is CC1(C)C2=C(CCC=C2)c2cccc(-c3ccc(N(c4ccc(-c5ccc(-c6cccc(-c7ccc8ccccc8c7)c6)cc5)cc4)c4ccc(-c5ccc6c(c5)oc5ccccc56)cc4)cc3)c21. The van der Waals surface area contributed by atoms with Gasteiger partial charge in [0.15, 0.2) is 0 Å². The molecule has 1 heterocycles. The van der Waals surface area contributed by atoms with Gasteiger partial charge in [0.25, 0.3) is 0 Å². The van der Waals surface area contributed by atoms with Gasteiger partial charge in [0.05, 0.1) is 0 Å². The third-order valence-electron chi connectivity index (χ3n) is 14.8. The molecule has 0 spiro atoms. The number of anilines is 3. The van der Waals surface area contributed by atoms with E-state index >= 15 is 0 Å². The molecule has 11 aromatic rings. The van der Waals surface area contributed by atoms with Crippen molar-refractivity contribution in [3.63, 3.8) is 0 Å². The summed E-state index contributed by atoms with van der Waals surface area (Å²) in [4.78, 5) is 2.37. The lowest BCUT2D eigenvalue weighted by Crippen LogP contribution is -2.17. The van der Waals surface area contributed by atoms with Crippen LogP contribution in [-0.4, -0.2) is 0 Å². The second-order valence-corrected chi connectivity index (χ2v) is 19.2. The van der Waals surface area contributed by atoms with Gasteiger partial charge in [-0.25, -0.2) is 0 Å². The highest BCUT2D eigenvalue weighted by atomic mass is 16.3. The zero-order chi connectivity index (χ0) is 46.1. The first-order valence-electron chi connectivity index (χ1n) is 24.2. The molecule has 0 saturated carbocycles. The van der Waals surface area contributed by atoms with Crippen LogP contribution in [0.1, 0.15) is 37.8 Å². The van der Waals surface area contributed by atoms with Crippen molar-refractivity contribution < 1.29 is 4.42 Å². The number of fused-ring (bicyclic) bond motifs is 6. The summed E-state index contributed by atoms with van der Waals surface area (Å²) in [7, 11) is 0. The van der Waals surface area contributed by atoms with Gasteiger partial charge < -0.3 is 9.32 Å². The molecule has 0 aliphatic heterocycles. The fraction of sp³-hybridized carbons (Fsp3) is 0.0746. The minimum Gasteiger partial charge on any atom is -0.456 e. The molecule has 0 N–H and O–H groups in total. The zero-order valence-corrected chi connectivity index (χ0v) is 38.8. The number of benzene rings is 10. The summed E-state index contributed by atoms with van der Waals surface area (Å²) in [5.41, 5.74) is 22.9. The highest BCUT2D eigenvalue weighted by molar-refractivity contribution is 6.06. The van der Waals surface area contributed by atoms with Crippen molar-refractivity contribution in [1.29, 1.82) is 0 Å². The summed E-state index contributed by atoms with van der Waals surface area (Å²) < 4.78 is 6.28. The number of nitrogens with zero attached hydrogens (tertiary/aromatic N) is 1. The van der Waals surface area contributed by atoms with Crippen LogP contribution in [0.5, 0.6) is 0 Å². The number of allylic oxidation sites excluding steroid dienone is 4. The minimum atomic E-state index is -0.0504. The molecule has 2 aliphatic carbocycles. The smallest absolute Gasteiger partial charge is 0.136 e. The molecule has 2 heteroatoms. The van der Waals surface area contributed by atoms with E-state index in [9.17, 15) is 0 Å². The Balaban J connectivity index is 0.823. The molecule has 2 aliphatic rings. The van der Waals surface area contributed by atoms with Gasteiger partial charge >= 0.3 is 0 Å². The first-order valence-corrected chi connectivity index (χ1v) is 24.2. The van der Waals surface area contributed by atoms with Crippen molar-refractivity contribution >= 4 is 55.3 Å². The van der Waals surface area contributed by atoms with E-state index < -0.39 is 0 Å². The van der Waals surface area contributed by atoms with Gasteiger partial charge in [0.1, 0.15) is 11.2 Å². The van der Waals surface area contributed by atoms with Crippen molar-refractivity contribution in [2.45, 2.75) is 32.1 Å². The largest absolute Gasteiger partial charge is 0.456 e. The Bertz CT molecular complexity index is 3830. The van der Waals surface area contributed by atoms with E-state index in [1.165, 1.54) is 77.6 Å². The third-order valence-corrected chi connectivity index (χ3v) is 14.8. The number of hydrogen-bond acceptors (Lipinski definition) is 2. The Morgan fingerprint density at radius 3 is 1.61 bits per heavy atom. The maximum absolute atomic E-state index is 6.28. The van der Waals surface area contributed by atoms with Gasteiger partial charge in [0.2, 0.25) is 0 Å². The summed E-state index contributed by atoms with van der Waals surface area (Å²) in [5, 5.41) is 4.80. The molecule has 2 nitrogen and oxygen atoms in total. The lowest BCUT2D eigenvalue weighted by Gasteiger charge is -2.27. The lowest BCUT2D eigenvalue weighted by molar-refractivity contribution is 0.653. The van der Waals surface area contributed by atoms with E-state index in [0.717, 1.165) is 63.0 Å². The maximum atomic E-state index is 6.28. The average Bonchev–Trinajstić information content (AvgIpc) is 3.90. The summed E-state index contributed by atoms with van der Waals surface area (Å²) >= 11 is 0. The highest BCUT2D eigenvalue weighted by Gasteiger charge is 2.39. The van der Waals surface area contributed by atoms with Gasteiger partial charge in [-0.05, 0) is 168 Å². The number of furan rings is 1. The van der Waals surface area contributed by atoms with E-state index in [1.54, 1.807) is 0 Å². The topological polar surface area (TPSA) is 16.4 Å². The van der Waals surface area contributed by atoms with Crippen LogP contribution in [-0.2, 0) is 5.41 Å². The molecular formula is C67H49NO. The molecule has 328 valence electrons. The Hall–Kier alpha value is -8.46. The Labute approximate surface area is 403 Å². The molecule has 0 fully saturated rings. The van der Waals surface area contributed by atoms with Crippen LogP contribution >= 0.6 is 0 Å². The van der Waals surface area contributed by atoms with Crippen molar-refractivity contribution in [3.05, 3.63) is 253 Å². The quantitative estimate of drug-likeness (QED) is 0.151. The van der Waals surface area contributed by atoms with E-state index in [-0.39, 0.29) is 5.41 Å². The first kappa shape index (κ1) is 40.8. The molecule has 0 amide bonds. The van der Waals surface area contributed by atoms with Gasteiger partial charge in [-0.15, -0.1) is 0 Å². The van der Waals surface area contributed by atoms with Gasteiger partial charge in [-0.3, -0.25) is 0 Å². The normalized spacial score (nSPS) is 13.8.